The van der Waals surface area contributed by atoms with Crippen molar-refractivity contribution in [3.05, 3.63) is 0 Å². The SMILES string of the molecule is CC(=O)C(C)CCCCNC(=O)CC[C@H](NC(=O)COCCOCCCC(=O)COCCOCCNC(=O)CC[C@H](NC(=O)CCCCCCCCCCCCCCCCC(=O)O)C(=O)O)C(=O)O.O.[HH].[HH]. The molecule has 0 radical (unpaired) electrons. The highest BCUT2D eigenvalue weighted by Crippen LogP contribution is 2.14. The third kappa shape index (κ3) is 44.6. The van der Waals surface area contributed by atoms with Gasteiger partial charge in [-0.3, -0.25) is 33.6 Å². The molecule has 410 valence electrons. The van der Waals surface area contributed by atoms with Crippen molar-refractivity contribution in [2.24, 2.45) is 5.92 Å². The number of hydrogen-bond acceptors (Lipinski definition) is 13. The minimum atomic E-state index is -1.27. The van der Waals surface area contributed by atoms with Crippen LogP contribution in [0.15, 0.2) is 0 Å². The van der Waals surface area contributed by atoms with E-state index in [0.717, 1.165) is 57.8 Å². The van der Waals surface area contributed by atoms with Gasteiger partial charge in [0.1, 0.15) is 31.1 Å². The Morgan fingerprint density at radius 1 is 0.429 bits per heavy atom. The summed E-state index contributed by atoms with van der Waals surface area (Å²) in [7, 11) is 0. The normalized spacial score (nSPS) is 12.2. The van der Waals surface area contributed by atoms with Gasteiger partial charge in [-0.2, -0.15) is 0 Å². The number of hydrogen-bond donors (Lipinski definition) is 7. The number of rotatable bonds is 50. The molecule has 0 aliphatic carbocycles. The number of aliphatic carboxylic acids is 3. The fourth-order valence-corrected chi connectivity index (χ4v) is 6.93. The number of amides is 4. The molecule has 4 amide bonds. The Bertz CT molecular complexity index is 1480. The van der Waals surface area contributed by atoms with Crippen LogP contribution in [0.3, 0.4) is 0 Å². The van der Waals surface area contributed by atoms with Gasteiger partial charge >= 0.3 is 17.9 Å². The summed E-state index contributed by atoms with van der Waals surface area (Å²) >= 11 is 0. The standard InChI is InChI=1S/C49H86N4O16.H2O.2H2/c1-38(39(2)54)20-17-18-28-50-43(56)26-25-42(49(64)65)53-46(59)37-69-35-32-66-30-19-21-40(55)36-68-34-33-67-31-29-51-44(57)27-24-41(48(62)63)52-45(58)22-15-13-11-9-7-5-3-4-6-8-10-12-14-16-23-47(60)61;;;/h38,41-42H,3-37H2,1-2H3,(H,50,56)(H,51,57)(H,52,58)(H,53,59)(H,60,61)(H,62,63)(H,64,65);1H2;2*1H/t38?,41-,42-;;;/m0.../s1. The first kappa shape index (κ1) is 67.5. The molecule has 0 spiro atoms. The molecule has 0 saturated carbocycles. The zero-order chi connectivity index (χ0) is 51.3. The van der Waals surface area contributed by atoms with Gasteiger partial charge in [0, 0.05) is 60.6 Å². The van der Waals surface area contributed by atoms with Gasteiger partial charge in [0.2, 0.25) is 23.6 Å². The molecule has 21 nitrogen and oxygen atoms in total. The van der Waals surface area contributed by atoms with Crippen LogP contribution < -0.4 is 21.3 Å². The minimum Gasteiger partial charge on any atom is -0.481 e. The van der Waals surface area contributed by atoms with Gasteiger partial charge in [0.25, 0.3) is 0 Å². The van der Waals surface area contributed by atoms with E-state index < -0.39 is 42.5 Å². The number of carbonyl (C=O) groups is 9. The number of unbranched alkanes of at least 4 members (excludes halogenated alkanes) is 14. The Kier molecular flexibility index (Phi) is 45.1. The Labute approximate surface area is 417 Å². The van der Waals surface area contributed by atoms with E-state index >= 15 is 0 Å². The van der Waals surface area contributed by atoms with Crippen molar-refractivity contribution in [2.75, 3.05) is 65.9 Å². The maximum Gasteiger partial charge on any atom is 0.326 e. The van der Waals surface area contributed by atoms with Crippen LogP contribution in [0.25, 0.3) is 0 Å². The molecule has 0 aromatic heterocycles. The molecular weight excluding hydrogens is 917 g/mol. The number of Topliss-reactive ketones (excluding diaryl/α,β-unsaturated/α-hetero) is 2. The number of carbonyl (C=O) groups excluding carboxylic acids is 6. The van der Waals surface area contributed by atoms with Crippen LogP contribution in [0, 0.1) is 5.92 Å². The van der Waals surface area contributed by atoms with Crippen LogP contribution in [0.2, 0.25) is 0 Å². The summed E-state index contributed by atoms with van der Waals surface area (Å²) in [5, 5.41) is 37.9. The lowest BCUT2D eigenvalue weighted by molar-refractivity contribution is -0.143. The quantitative estimate of drug-likeness (QED) is 0.0405. The van der Waals surface area contributed by atoms with Crippen molar-refractivity contribution in [1.82, 2.24) is 21.3 Å². The molecule has 0 saturated heterocycles. The average Bonchev–Trinajstić information content (AvgIpc) is 3.29. The average molecular weight is 1010 g/mol. The summed E-state index contributed by atoms with van der Waals surface area (Å²) in [6.45, 7) is 4.55. The minimum absolute atomic E-state index is 0. The molecule has 0 aliphatic heterocycles. The Morgan fingerprint density at radius 3 is 1.37 bits per heavy atom. The van der Waals surface area contributed by atoms with E-state index in [9.17, 15) is 53.4 Å². The molecule has 0 fully saturated rings. The molecule has 0 aromatic rings. The van der Waals surface area contributed by atoms with Crippen molar-refractivity contribution < 1.29 is 85.7 Å². The highest BCUT2D eigenvalue weighted by molar-refractivity contribution is 5.85. The van der Waals surface area contributed by atoms with Crippen LogP contribution >= 0.6 is 0 Å². The summed E-state index contributed by atoms with van der Waals surface area (Å²) in [6, 6.07) is -2.41. The monoisotopic (exact) mass is 1010 g/mol. The van der Waals surface area contributed by atoms with Crippen molar-refractivity contribution in [2.45, 2.75) is 186 Å². The Balaban J connectivity index is -0.00000771. The van der Waals surface area contributed by atoms with E-state index in [2.05, 4.69) is 21.3 Å². The fourth-order valence-electron chi connectivity index (χ4n) is 6.93. The van der Waals surface area contributed by atoms with Gasteiger partial charge in [-0.05, 0) is 51.9 Å². The predicted molar refractivity (Wildman–Crippen MR) is 264 cm³/mol. The van der Waals surface area contributed by atoms with Crippen LogP contribution in [-0.4, -0.2) is 152 Å². The number of ether oxygens (including phenoxy) is 4. The first-order chi connectivity index (χ1) is 33.1. The summed E-state index contributed by atoms with van der Waals surface area (Å²) in [4.78, 5) is 106. The van der Waals surface area contributed by atoms with Crippen molar-refractivity contribution >= 4 is 53.1 Å². The summed E-state index contributed by atoms with van der Waals surface area (Å²) in [5.41, 5.74) is 0. The van der Waals surface area contributed by atoms with Crippen molar-refractivity contribution in [1.29, 1.82) is 0 Å². The number of ketones is 2. The third-order valence-electron chi connectivity index (χ3n) is 11.3. The number of nitrogens with one attached hydrogen (secondary N) is 4. The van der Waals surface area contributed by atoms with Gasteiger partial charge in [-0.1, -0.05) is 90.4 Å². The second-order valence-corrected chi connectivity index (χ2v) is 17.5. The van der Waals surface area contributed by atoms with E-state index in [1.54, 1.807) is 6.92 Å². The molecule has 21 heteroatoms. The summed E-state index contributed by atoms with van der Waals surface area (Å²) in [6.07, 6.45) is 18.0. The Hall–Kier alpha value is -4.57. The third-order valence-corrected chi connectivity index (χ3v) is 11.3. The highest BCUT2D eigenvalue weighted by atomic mass is 16.5. The maximum absolute atomic E-state index is 12.3. The first-order valence-electron chi connectivity index (χ1n) is 25.2. The van der Waals surface area contributed by atoms with E-state index in [0.29, 0.717) is 25.8 Å². The molecule has 1 unspecified atom stereocenters. The van der Waals surface area contributed by atoms with Crippen molar-refractivity contribution in [3.8, 4) is 0 Å². The Morgan fingerprint density at radius 2 is 0.871 bits per heavy atom. The van der Waals surface area contributed by atoms with Gasteiger partial charge in [-0.15, -0.1) is 0 Å². The topological polar surface area (TPSA) is 331 Å². The van der Waals surface area contributed by atoms with Crippen molar-refractivity contribution in [3.63, 3.8) is 0 Å². The zero-order valence-corrected chi connectivity index (χ0v) is 42.1. The molecule has 3 atom stereocenters. The lowest BCUT2D eigenvalue weighted by atomic mass is 10.0. The summed E-state index contributed by atoms with van der Waals surface area (Å²) in [5.74, 6) is -4.89. The lowest BCUT2D eigenvalue weighted by Crippen LogP contribution is -2.43. The number of carboxylic acid groups (broad SMARTS) is 3. The second kappa shape index (κ2) is 46.8. The lowest BCUT2D eigenvalue weighted by Gasteiger charge is -2.15. The van der Waals surface area contributed by atoms with E-state index in [1.807, 2.05) is 6.92 Å². The van der Waals surface area contributed by atoms with Gasteiger partial charge in [0.15, 0.2) is 5.78 Å². The second-order valence-electron chi connectivity index (χ2n) is 17.5. The predicted octanol–water partition coefficient (Wildman–Crippen LogP) is 4.72. The molecule has 0 aromatic carbocycles. The van der Waals surface area contributed by atoms with Crippen LogP contribution in [0.4, 0.5) is 0 Å². The molecule has 70 heavy (non-hydrogen) atoms. The zero-order valence-electron chi connectivity index (χ0n) is 42.1. The molecule has 9 N–H and O–H groups in total. The van der Waals surface area contributed by atoms with E-state index in [1.165, 1.54) is 38.5 Å². The highest BCUT2D eigenvalue weighted by Gasteiger charge is 2.22. The number of carboxylic acids is 3. The smallest absolute Gasteiger partial charge is 0.326 e. The molecule has 0 aliphatic rings. The van der Waals surface area contributed by atoms with Gasteiger partial charge < -0.3 is 61.0 Å². The largest absolute Gasteiger partial charge is 0.481 e. The van der Waals surface area contributed by atoms with Gasteiger partial charge in [-0.25, -0.2) is 9.59 Å². The van der Waals surface area contributed by atoms with Crippen LogP contribution in [0.1, 0.15) is 177 Å². The fraction of sp³-hybridized carbons (Fsp3) is 0.816. The molecular formula is C49H92N4O17. The van der Waals surface area contributed by atoms with Crippen LogP contribution in [-0.2, 0) is 62.1 Å². The van der Waals surface area contributed by atoms with Gasteiger partial charge in [0.05, 0.1) is 33.0 Å². The van der Waals surface area contributed by atoms with Crippen LogP contribution in [0.5, 0.6) is 0 Å². The first-order valence-corrected chi connectivity index (χ1v) is 25.2. The molecule has 0 heterocycles. The van der Waals surface area contributed by atoms with E-state index in [4.69, 9.17) is 24.1 Å². The molecule has 0 bridgehead atoms. The molecule has 0 rings (SSSR count). The summed E-state index contributed by atoms with van der Waals surface area (Å²) < 4.78 is 21.4. The van der Waals surface area contributed by atoms with E-state index in [-0.39, 0.29) is 141 Å². The maximum atomic E-state index is 12.3.